The van der Waals surface area contributed by atoms with E-state index in [1.807, 2.05) is 0 Å². The number of fused-ring (bicyclic) bond motifs is 1. The van der Waals surface area contributed by atoms with Crippen LogP contribution in [0.25, 0.3) is 16.9 Å². The molecule has 0 aliphatic rings. The van der Waals surface area contributed by atoms with E-state index < -0.39 is 23.0 Å². The van der Waals surface area contributed by atoms with Crippen LogP contribution >= 0.6 is 11.6 Å². The number of benzene rings is 2. The second-order valence-corrected chi connectivity index (χ2v) is 8.24. The van der Waals surface area contributed by atoms with Crippen molar-refractivity contribution in [2.75, 3.05) is 0 Å². The Morgan fingerprint density at radius 2 is 1.66 bits per heavy atom. The average Bonchev–Trinajstić information content (AvgIpc) is 3.48. The molecule has 11 heteroatoms. The number of halogens is 4. The number of nitrogens with zero attached hydrogens (tertiary/aromatic N) is 4. The number of aromatic nitrogens is 4. The van der Waals surface area contributed by atoms with Crippen molar-refractivity contribution in [2.45, 2.75) is 19.3 Å². The Bertz CT molecular complexity index is 1620. The SMILES string of the molecule is O=c1c2c(ncn2Cc2ccc(C(F)(F)F)cc2)n(-c2ccc(Cl)cc2)c(=O)n1Cc1ccco1. The largest absolute Gasteiger partial charge is 0.467 e. The number of hydrogen-bond acceptors (Lipinski definition) is 4. The minimum atomic E-state index is -4.45. The van der Waals surface area contributed by atoms with Gasteiger partial charge in [0.15, 0.2) is 11.2 Å². The maximum absolute atomic E-state index is 13.4. The Kier molecular flexibility index (Phi) is 5.60. The summed E-state index contributed by atoms with van der Waals surface area (Å²) in [6.45, 7) is -0.0386. The Balaban J connectivity index is 1.68. The van der Waals surface area contributed by atoms with Gasteiger partial charge in [0.2, 0.25) is 0 Å². The molecule has 0 spiro atoms. The maximum atomic E-state index is 13.4. The van der Waals surface area contributed by atoms with Crippen LogP contribution in [0.5, 0.6) is 0 Å². The molecule has 2 aromatic carbocycles. The van der Waals surface area contributed by atoms with Crippen LogP contribution in [0.1, 0.15) is 16.9 Å². The van der Waals surface area contributed by atoms with Crippen LogP contribution in [0.4, 0.5) is 13.2 Å². The van der Waals surface area contributed by atoms with Crippen LogP contribution in [0.2, 0.25) is 5.02 Å². The predicted molar refractivity (Wildman–Crippen MR) is 123 cm³/mol. The van der Waals surface area contributed by atoms with Gasteiger partial charge in [-0.3, -0.25) is 9.36 Å². The first-order valence-corrected chi connectivity index (χ1v) is 10.8. The summed E-state index contributed by atoms with van der Waals surface area (Å²) in [5, 5.41) is 0.467. The highest BCUT2D eigenvalue weighted by Gasteiger charge is 2.30. The molecule has 0 aliphatic carbocycles. The first-order valence-electron chi connectivity index (χ1n) is 10.4. The second-order valence-electron chi connectivity index (χ2n) is 7.80. The van der Waals surface area contributed by atoms with Gasteiger partial charge in [0.05, 0.1) is 30.4 Å². The van der Waals surface area contributed by atoms with E-state index in [9.17, 15) is 22.8 Å². The fourth-order valence-electron chi connectivity index (χ4n) is 3.82. The highest BCUT2D eigenvalue weighted by atomic mass is 35.5. The minimum absolute atomic E-state index is 0.0729. The Labute approximate surface area is 200 Å². The van der Waals surface area contributed by atoms with Crippen molar-refractivity contribution in [3.8, 4) is 5.69 Å². The third-order valence-corrected chi connectivity index (χ3v) is 5.77. The molecule has 0 unspecified atom stereocenters. The molecule has 0 aliphatic heterocycles. The van der Waals surface area contributed by atoms with Crippen molar-refractivity contribution in [1.82, 2.24) is 18.7 Å². The standard InChI is InChI=1S/C24H16ClF3N4O3/c25-17-7-9-18(10-8-17)32-21-20(22(33)31(23(32)34)13-19-2-1-11-35-19)30(14-29-21)12-15-3-5-16(6-4-15)24(26,27)28/h1-11,14H,12-13H2. The van der Waals surface area contributed by atoms with Crippen LogP contribution in [-0.4, -0.2) is 18.7 Å². The van der Waals surface area contributed by atoms with E-state index in [1.54, 1.807) is 36.4 Å². The lowest BCUT2D eigenvalue weighted by molar-refractivity contribution is -0.137. The van der Waals surface area contributed by atoms with Crippen molar-refractivity contribution in [3.63, 3.8) is 0 Å². The molecule has 178 valence electrons. The molecule has 3 heterocycles. The summed E-state index contributed by atoms with van der Waals surface area (Å²) >= 11 is 6.00. The second kappa shape index (κ2) is 8.62. The van der Waals surface area contributed by atoms with E-state index in [0.29, 0.717) is 22.0 Å². The van der Waals surface area contributed by atoms with Gasteiger partial charge >= 0.3 is 11.9 Å². The van der Waals surface area contributed by atoms with Gasteiger partial charge in [0, 0.05) is 11.6 Å². The number of hydrogen-bond donors (Lipinski definition) is 0. The highest BCUT2D eigenvalue weighted by Crippen LogP contribution is 2.29. The van der Waals surface area contributed by atoms with Gasteiger partial charge in [0.1, 0.15) is 5.76 Å². The average molecular weight is 501 g/mol. The van der Waals surface area contributed by atoms with Gasteiger partial charge in [-0.05, 0) is 54.1 Å². The van der Waals surface area contributed by atoms with E-state index >= 15 is 0 Å². The van der Waals surface area contributed by atoms with Crippen molar-refractivity contribution in [2.24, 2.45) is 0 Å². The van der Waals surface area contributed by atoms with E-state index in [-0.39, 0.29) is 24.3 Å². The van der Waals surface area contributed by atoms with Crippen LogP contribution in [-0.2, 0) is 19.3 Å². The fraction of sp³-hybridized carbons (Fsp3) is 0.125. The van der Waals surface area contributed by atoms with Gasteiger partial charge in [-0.25, -0.2) is 14.3 Å². The molecule has 0 fully saturated rings. The maximum Gasteiger partial charge on any atom is 0.416 e. The Morgan fingerprint density at radius 1 is 0.943 bits per heavy atom. The summed E-state index contributed by atoms with van der Waals surface area (Å²) in [6.07, 6.45) is -1.63. The molecule has 0 radical (unpaired) electrons. The summed E-state index contributed by atoms with van der Waals surface area (Å²) in [4.78, 5) is 31.2. The molecule has 0 atom stereocenters. The minimum Gasteiger partial charge on any atom is -0.467 e. The van der Waals surface area contributed by atoms with Crippen molar-refractivity contribution in [3.05, 3.63) is 116 Å². The van der Waals surface area contributed by atoms with Gasteiger partial charge in [-0.2, -0.15) is 13.2 Å². The molecule has 5 rings (SSSR count). The van der Waals surface area contributed by atoms with Crippen molar-refractivity contribution < 1.29 is 17.6 Å². The molecule has 0 amide bonds. The molecule has 3 aromatic heterocycles. The monoisotopic (exact) mass is 500 g/mol. The van der Waals surface area contributed by atoms with E-state index in [4.69, 9.17) is 16.0 Å². The number of furan rings is 1. The zero-order valence-electron chi connectivity index (χ0n) is 17.9. The molecular weight excluding hydrogens is 485 g/mol. The predicted octanol–water partition coefficient (Wildman–Crippen LogP) is 4.71. The molecule has 35 heavy (non-hydrogen) atoms. The fourth-order valence-corrected chi connectivity index (χ4v) is 3.94. The lowest BCUT2D eigenvalue weighted by Crippen LogP contribution is -2.40. The number of imidazole rings is 1. The quantitative estimate of drug-likeness (QED) is 0.350. The smallest absolute Gasteiger partial charge is 0.416 e. The van der Waals surface area contributed by atoms with Gasteiger partial charge in [-0.1, -0.05) is 23.7 Å². The van der Waals surface area contributed by atoms with Crippen LogP contribution in [0, 0.1) is 0 Å². The van der Waals surface area contributed by atoms with E-state index in [0.717, 1.165) is 16.7 Å². The Hall–Kier alpha value is -4.05. The van der Waals surface area contributed by atoms with Crippen LogP contribution in [0.15, 0.2) is 87.3 Å². The van der Waals surface area contributed by atoms with Gasteiger partial charge < -0.3 is 8.98 Å². The first kappa shape index (κ1) is 22.7. The third-order valence-electron chi connectivity index (χ3n) is 5.51. The van der Waals surface area contributed by atoms with E-state index in [2.05, 4.69) is 4.98 Å². The first-order chi connectivity index (χ1) is 16.7. The molecule has 7 nitrogen and oxygen atoms in total. The lowest BCUT2D eigenvalue weighted by Gasteiger charge is -2.13. The third kappa shape index (κ3) is 4.28. The van der Waals surface area contributed by atoms with Crippen molar-refractivity contribution >= 4 is 22.8 Å². The molecule has 0 saturated heterocycles. The topological polar surface area (TPSA) is 75.0 Å². The number of alkyl halides is 3. The summed E-state index contributed by atoms with van der Waals surface area (Å²) in [5.41, 5.74) is -0.794. The molecule has 5 aromatic rings. The molecular formula is C24H16ClF3N4O3. The summed E-state index contributed by atoms with van der Waals surface area (Å²) in [7, 11) is 0. The van der Waals surface area contributed by atoms with Crippen molar-refractivity contribution in [1.29, 1.82) is 0 Å². The Morgan fingerprint density at radius 3 is 2.29 bits per heavy atom. The molecule has 0 N–H and O–H groups in total. The van der Waals surface area contributed by atoms with Gasteiger partial charge in [-0.15, -0.1) is 0 Å². The summed E-state index contributed by atoms with van der Waals surface area (Å²) in [6, 6.07) is 14.4. The zero-order chi connectivity index (χ0) is 24.7. The van der Waals surface area contributed by atoms with Crippen LogP contribution < -0.4 is 11.2 Å². The number of rotatable bonds is 5. The molecule has 0 bridgehead atoms. The van der Waals surface area contributed by atoms with Gasteiger partial charge in [0.25, 0.3) is 5.56 Å². The summed E-state index contributed by atoms with van der Waals surface area (Å²) < 4.78 is 47.9. The summed E-state index contributed by atoms with van der Waals surface area (Å²) in [5.74, 6) is 0.403. The van der Waals surface area contributed by atoms with E-state index in [1.165, 1.54) is 33.9 Å². The van der Waals surface area contributed by atoms with Crippen LogP contribution in [0.3, 0.4) is 0 Å². The molecule has 0 saturated carbocycles. The highest BCUT2D eigenvalue weighted by molar-refractivity contribution is 6.30. The lowest BCUT2D eigenvalue weighted by atomic mass is 10.1. The zero-order valence-corrected chi connectivity index (χ0v) is 18.6. The normalized spacial score (nSPS) is 11.9.